The van der Waals surface area contributed by atoms with E-state index in [9.17, 15) is 4.79 Å². The number of hydrogen-bond donors (Lipinski definition) is 2. The molecule has 1 aromatic carbocycles. The third-order valence-corrected chi connectivity index (χ3v) is 2.96. The maximum absolute atomic E-state index is 11.5. The molecule has 0 fully saturated rings. The molecule has 1 aromatic rings. The van der Waals surface area contributed by atoms with Crippen molar-refractivity contribution < 1.29 is 4.79 Å². The molecule has 5 heteroatoms. The second-order valence-corrected chi connectivity index (χ2v) is 4.25. The van der Waals surface area contributed by atoms with Crippen LogP contribution >= 0.6 is 23.2 Å². The molecule has 2 rings (SSSR count). The minimum atomic E-state index is -1.10. The van der Waals surface area contributed by atoms with Crippen molar-refractivity contribution >= 4 is 34.8 Å². The Bertz CT molecular complexity index is 429. The van der Waals surface area contributed by atoms with Gasteiger partial charge in [0.2, 0.25) is 5.91 Å². The predicted octanol–water partition coefficient (Wildman–Crippen LogP) is 2.12. The van der Waals surface area contributed by atoms with Crippen molar-refractivity contribution in [1.29, 1.82) is 0 Å². The quantitative estimate of drug-likeness (QED) is 0.718. The number of fused-ring (bicyclic) bond motifs is 1. The molecule has 0 radical (unpaired) electrons. The summed E-state index contributed by atoms with van der Waals surface area (Å²) in [5.41, 5.74) is 5.84. The molecule has 1 heterocycles. The molecule has 1 atom stereocenters. The first-order chi connectivity index (χ1) is 6.44. The molecule has 0 spiro atoms. The van der Waals surface area contributed by atoms with E-state index in [0.717, 1.165) is 0 Å². The summed E-state index contributed by atoms with van der Waals surface area (Å²) in [4.78, 5) is 11.5. The molecular weight excluding hydrogens is 223 g/mol. The molecule has 1 aliphatic heterocycles. The van der Waals surface area contributed by atoms with Crippen LogP contribution in [0.25, 0.3) is 0 Å². The van der Waals surface area contributed by atoms with Crippen LogP contribution in [0.3, 0.4) is 0 Å². The molecule has 1 unspecified atom stereocenters. The van der Waals surface area contributed by atoms with E-state index in [1.807, 2.05) is 0 Å². The van der Waals surface area contributed by atoms with E-state index < -0.39 is 5.54 Å². The Morgan fingerprint density at radius 2 is 1.93 bits per heavy atom. The van der Waals surface area contributed by atoms with Gasteiger partial charge in [-0.3, -0.25) is 4.79 Å². The van der Waals surface area contributed by atoms with Gasteiger partial charge in [-0.1, -0.05) is 23.2 Å². The van der Waals surface area contributed by atoms with Gasteiger partial charge < -0.3 is 11.1 Å². The van der Waals surface area contributed by atoms with Gasteiger partial charge in [-0.2, -0.15) is 0 Å². The highest BCUT2D eigenvalue weighted by Gasteiger charge is 2.41. The molecular formula is C9H8Cl2N2O. The van der Waals surface area contributed by atoms with Crippen molar-refractivity contribution in [3.05, 3.63) is 27.7 Å². The van der Waals surface area contributed by atoms with Crippen LogP contribution in [0.5, 0.6) is 0 Å². The van der Waals surface area contributed by atoms with Crippen LogP contribution in [0.2, 0.25) is 10.0 Å². The van der Waals surface area contributed by atoms with Crippen LogP contribution in [0.1, 0.15) is 12.5 Å². The molecule has 0 saturated carbocycles. The monoisotopic (exact) mass is 230 g/mol. The summed E-state index contributed by atoms with van der Waals surface area (Å²) in [6.07, 6.45) is 0. The number of benzene rings is 1. The van der Waals surface area contributed by atoms with Crippen molar-refractivity contribution in [3.8, 4) is 0 Å². The first-order valence-corrected chi connectivity index (χ1v) is 4.79. The number of amides is 1. The third kappa shape index (κ3) is 1.13. The van der Waals surface area contributed by atoms with Crippen molar-refractivity contribution in [2.75, 3.05) is 5.32 Å². The topological polar surface area (TPSA) is 55.1 Å². The number of halogens is 2. The highest BCUT2D eigenvalue weighted by Crippen LogP contribution is 2.42. The number of anilines is 1. The van der Waals surface area contributed by atoms with Crippen molar-refractivity contribution in [3.63, 3.8) is 0 Å². The fraction of sp³-hybridized carbons (Fsp3) is 0.222. The Morgan fingerprint density at radius 1 is 1.36 bits per heavy atom. The molecule has 0 aliphatic carbocycles. The number of nitrogens with one attached hydrogen (secondary N) is 1. The summed E-state index contributed by atoms with van der Waals surface area (Å²) in [5.74, 6) is -0.289. The zero-order valence-corrected chi connectivity index (χ0v) is 8.91. The fourth-order valence-corrected chi connectivity index (χ4v) is 2.10. The molecule has 3 N–H and O–H groups in total. The van der Waals surface area contributed by atoms with Gasteiger partial charge in [0.15, 0.2) is 0 Å². The molecule has 74 valence electrons. The summed E-state index contributed by atoms with van der Waals surface area (Å²) >= 11 is 11.9. The number of carbonyl (C=O) groups excluding carboxylic acids is 1. The first kappa shape index (κ1) is 9.77. The van der Waals surface area contributed by atoms with E-state index in [0.29, 0.717) is 21.3 Å². The van der Waals surface area contributed by atoms with E-state index in [-0.39, 0.29) is 5.91 Å². The number of hydrogen-bond acceptors (Lipinski definition) is 2. The van der Waals surface area contributed by atoms with Crippen LogP contribution in [0, 0.1) is 0 Å². The van der Waals surface area contributed by atoms with Gasteiger partial charge in [0.25, 0.3) is 0 Å². The van der Waals surface area contributed by atoms with Gasteiger partial charge in [0.05, 0.1) is 10.7 Å². The van der Waals surface area contributed by atoms with E-state index >= 15 is 0 Å². The highest BCUT2D eigenvalue weighted by atomic mass is 35.5. The minimum absolute atomic E-state index is 0.289. The zero-order valence-electron chi connectivity index (χ0n) is 7.40. The second kappa shape index (κ2) is 2.86. The molecule has 14 heavy (non-hydrogen) atoms. The van der Waals surface area contributed by atoms with E-state index in [1.54, 1.807) is 19.1 Å². The molecule has 1 amide bonds. The summed E-state index contributed by atoms with van der Waals surface area (Å²) in [6, 6.07) is 3.26. The Hall–Kier alpha value is -0.770. The normalized spacial score (nSPS) is 24.7. The lowest BCUT2D eigenvalue weighted by molar-refractivity contribution is -0.120. The summed E-state index contributed by atoms with van der Waals surface area (Å²) in [7, 11) is 0. The van der Waals surface area contributed by atoms with Crippen LogP contribution in [-0.4, -0.2) is 5.91 Å². The van der Waals surface area contributed by atoms with E-state index in [1.165, 1.54) is 0 Å². The Balaban J connectivity index is 2.76. The molecule has 0 saturated heterocycles. The molecule has 0 aromatic heterocycles. The SMILES string of the molecule is CC1(N)C(=O)Nc2c(Cl)ccc(Cl)c21. The lowest BCUT2D eigenvalue weighted by Gasteiger charge is -2.16. The van der Waals surface area contributed by atoms with Crippen LogP contribution in [0.4, 0.5) is 5.69 Å². The highest BCUT2D eigenvalue weighted by molar-refractivity contribution is 6.38. The summed E-state index contributed by atoms with van der Waals surface area (Å²) < 4.78 is 0. The maximum Gasteiger partial charge on any atom is 0.248 e. The Morgan fingerprint density at radius 3 is 2.50 bits per heavy atom. The molecule has 3 nitrogen and oxygen atoms in total. The van der Waals surface area contributed by atoms with Crippen molar-refractivity contribution in [2.24, 2.45) is 5.73 Å². The van der Waals surface area contributed by atoms with E-state index in [4.69, 9.17) is 28.9 Å². The largest absolute Gasteiger partial charge is 0.323 e. The van der Waals surface area contributed by atoms with Crippen molar-refractivity contribution in [2.45, 2.75) is 12.5 Å². The Kier molecular flexibility index (Phi) is 2.00. The Labute approximate surface area is 91.2 Å². The minimum Gasteiger partial charge on any atom is -0.323 e. The zero-order chi connectivity index (χ0) is 10.5. The summed E-state index contributed by atoms with van der Waals surface area (Å²) in [5, 5.41) is 3.52. The average molecular weight is 231 g/mol. The van der Waals surface area contributed by atoms with Gasteiger partial charge in [0.1, 0.15) is 5.54 Å². The predicted molar refractivity (Wildman–Crippen MR) is 56.6 cm³/mol. The number of carbonyl (C=O) groups is 1. The number of nitrogens with two attached hydrogens (primary N) is 1. The lowest BCUT2D eigenvalue weighted by Crippen LogP contribution is -2.40. The van der Waals surface area contributed by atoms with Crippen molar-refractivity contribution in [1.82, 2.24) is 0 Å². The molecule has 0 bridgehead atoms. The second-order valence-electron chi connectivity index (χ2n) is 3.44. The van der Waals surface area contributed by atoms with Gasteiger partial charge in [-0.25, -0.2) is 0 Å². The van der Waals surface area contributed by atoms with E-state index in [2.05, 4.69) is 5.32 Å². The number of rotatable bonds is 0. The van der Waals surface area contributed by atoms with Crippen LogP contribution in [0.15, 0.2) is 12.1 Å². The van der Waals surface area contributed by atoms with Crippen LogP contribution in [-0.2, 0) is 10.3 Å². The summed E-state index contributed by atoms with van der Waals surface area (Å²) in [6.45, 7) is 1.61. The third-order valence-electron chi connectivity index (χ3n) is 2.33. The van der Waals surface area contributed by atoms with Gasteiger partial charge in [-0.15, -0.1) is 0 Å². The van der Waals surface area contributed by atoms with Gasteiger partial charge >= 0.3 is 0 Å². The van der Waals surface area contributed by atoms with Gasteiger partial charge in [0, 0.05) is 10.6 Å². The smallest absolute Gasteiger partial charge is 0.248 e. The first-order valence-electron chi connectivity index (χ1n) is 4.03. The fourth-order valence-electron chi connectivity index (χ4n) is 1.54. The van der Waals surface area contributed by atoms with Gasteiger partial charge in [-0.05, 0) is 19.1 Å². The van der Waals surface area contributed by atoms with Crippen LogP contribution < -0.4 is 11.1 Å². The molecule has 1 aliphatic rings. The standard InChI is InChI=1S/C9H8Cl2N2O/c1-9(12)6-4(10)2-3-5(11)7(6)13-8(9)14/h2-3H,12H2,1H3,(H,13,14). The lowest BCUT2D eigenvalue weighted by atomic mass is 9.95. The maximum atomic E-state index is 11.5. The average Bonchev–Trinajstić information content (AvgIpc) is 2.33.